The van der Waals surface area contributed by atoms with Crippen molar-refractivity contribution in [1.82, 2.24) is 20.9 Å². The molecule has 9 heteroatoms. The molecule has 0 radical (unpaired) electrons. The quantitative estimate of drug-likeness (QED) is 0.373. The van der Waals surface area contributed by atoms with Gasteiger partial charge in [0.15, 0.2) is 11.7 Å². The molecule has 0 atom stereocenters. The minimum absolute atomic E-state index is 0.242. The summed E-state index contributed by atoms with van der Waals surface area (Å²) in [6, 6.07) is 3.53. The molecule has 2 heterocycles. The van der Waals surface area contributed by atoms with Crippen LogP contribution in [0, 0.1) is 0 Å². The van der Waals surface area contributed by atoms with E-state index in [1.54, 1.807) is 17.0 Å². The predicted molar refractivity (Wildman–Crippen MR) is 102 cm³/mol. The van der Waals surface area contributed by atoms with Crippen LogP contribution in [0.4, 0.5) is 4.79 Å². The first kappa shape index (κ1) is 20.6. The molecule has 2 amide bonds. The summed E-state index contributed by atoms with van der Waals surface area (Å²) in [4.78, 5) is 29.8. The van der Waals surface area contributed by atoms with Crippen LogP contribution in [0.3, 0.4) is 0 Å². The number of nitrogens with zero attached hydrogens (tertiary/aromatic N) is 2. The summed E-state index contributed by atoms with van der Waals surface area (Å²) in [5, 5.41) is 9.36. The van der Waals surface area contributed by atoms with E-state index in [0.717, 1.165) is 19.4 Å². The third-order valence-electron chi connectivity index (χ3n) is 4.12. The van der Waals surface area contributed by atoms with E-state index in [9.17, 15) is 9.59 Å². The lowest BCUT2D eigenvalue weighted by Gasteiger charge is -2.32. The lowest BCUT2D eigenvalue weighted by Crippen LogP contribution is -2.50. The van der Waals surface area contributed by atoms with E-state index < -0.39 is 0 Å². The SMILES string of the molecule is CCNC(=NCCNC(=O)c1ccco1)NC1CCN(C(=O)OCC)CC1. The largest absolute Gasteiger partial charge is 0.459 e. The number of aliphatic imine (C=N–C) groups is 1. The Balaban J connectivity index is 1.73. The molecule has 0 spiro atoms. The number of guanidine groups is 1. The lowest BCUT2D eigenvalue weighted by molar-refractivity contribution is 0.0925. The zero-order chi connectivity index (χ0) is 19.5. The van der Waals surface area contributed by atoms with Gasteiger partial charge in [-0.25, -0.2) is 4.79 Å². The zero-order valence-corrected chi connectivity index (χ0v) is 16.0. The van der Waals surface area contributed by atoms with Crippen LogP contribution in [-0.4, -0.2) is 68.2 Å². The van der Waals surface area contributed by atoms with Crippen molar-refractivity contribution in [2.45, 2.75) is 32.7 Å². The first-order chi connectivity index (χ1) is 13.1. The van der Waals surface area contributed by atoms with Gasteiger partial charge in [0, 0.05) is 32.2 Å². The number of carbonyl (C=O) groups is 2. The van der Waals surface area contributed by atoms with Crippen LogP contribution < -0.4 is 16.0 Å². The monoisotopic (exact) mass is 379 g/mol. The molecule has 0 aromatic carbocycles. The molecule has 2 rings (SSSR count). The van der Waals surface area contributed by atoms with Crippen molar-refractivity contribution in [3.8, 4) is 0 Å². The fourth-order valence-corrected chi connectivity index (χ4v) is 2.77. The van der Waals surface area contributed by atoms with E-state index in [1.165, 1.54) is 6.26 Å². The molecule has 27 heavy (non-hydrogen) atoms. The number of hydrogen-bond donors (Lipinski definition) is 3. The van der Waals surface area contributed by atoms with Crippen molar-refractivity contribution in [2.75, 3.05) is 39.3 Å². The highest BCUT2D eigenvalue weighted by Crippen LogP contribution is 2.11. The van der Waals surface area contributed by atoms with Gasteiger partial charge in [0.1, 0.15) is 0 Å². The predicted octanol–water partition coefficient (Wildman–Crippen LogP) is 1.19. The molecule has 150 valence electrons. The van der Waals surface area contributed by atoms with Crippen LogP contribution in [0.25, 0.3) is 0 Å². The maximum Gasteiger partial charge on any atom is 0.409 e. The van der Waals surface area contributed by atoms with Crippen molar-refractivity contribution >= 4 is 18.0 Å². The number of rotatable bonds is 7. The summed E-state index contributed by atoms with van der Waals surface area (Å²) in [7, 11) is 0. The van der Waals surface area contributed by atoms with Crippen LogP contribution in [0.1, 0.15) is 37.2 Å². The third kappa shape index (κ3) is 6.84. The van der Waals surface area contributed by atoms with Crippen LogP contribution >= 0.6 is 0 Å². The summed E-state index contributed by atoms with van der Waals surface area (Å²) in [5.41, 5.74) is 0. The highest BCUT2D eigenvalue weighted by atomic mass is 16.6. The molecule has 9 nitrogen and oxygen atoms in total. The summed E-state index contributed by atoms with van der Waals surface area (Å²) < 4.78 is 10.1. The van der Waals surface area contributed by atoms with Gasteiger partial charge in [0.25, 0.3) is 5.91 Å². The molecule has 1 aliphatic rings. The maximum absolute atomic E-state index is 11.8. The summed E-state index contributed by atoms with van der Waals surface area (Å²) in [5.74, 6) is 0.746. The minimum Gasteiger partial charge on any atom is -0.459 e. The van der Waals surface area contributed by atoms with Crippen molar-refractivity contribution in [3.05, 3.63) is 24.2 Å². The van der Waals surface area contributed by atoms with Gasteiger partial charge >= 0.3 is 6.09 Å². The number of carbonyl (C=O) groups excluding carboxylic acids is 2. The number of likely N-dealkylation sites (tertiary alicyclic amines) is 1. The van der Waals surface area contributed by atoms with Crippen LogP contribution in [-0.2, 0) is 4.74 Å². The van der Waals surface area contributed by atoms with Gasteiger partial charge in [0.05, 0.1) is 19.4 Å². The molecular weight excluding hydrogens is 350 g/mol. The smallest absolute Gasteiger partial charge is 0.409 e. The van der Waals surface area contributed by atoms with Gasteiger partial charge in [0.2, 0.25) is 0 Å². The molecule has 3 N–H and O–H groups in total. The van der Waals surface area contributed by atoms with Crippen molar-refractivity contribution in [1.29, 1.82) is 0 Å². The molecule has 1 saturated heterocycles. The fraction of sp³-hybridized carbons (Fsp3) is 0.611. The van der Waals surface area contributed by atoms with E-state index in [0.29, 0.717) is 38.7 Å². The van der Waals surface area contributed by atoms with Crippen LogP contribution in [0.5, 0.6) is 0 Å². The number of amides is 2. The molecule has 0 saturated carbocycles. The second kappa shape index (κ2) is 11.1. The molecular formula is C18H29N5O4. The van der Waals surface area contributed by atoms with E-state index >= 15 is 0 Å². The number of ether oxygens (including phenoxy) is 1. The Hall–Kier alpha value is -2.71. The van der Waals surface area contributed by atoms with Gasteiger partial charge in [-0.05, 0) is 38.8 Å². The molecule has 1 fully saturated rings. The van der Waals surface area contributed by atoms with Crippen LogP contribution in [0.15, 0.2) is 27.8 Å². The van der Waals surface area contributed by atoms with Crippen molar-refractivity contribution in [3.63, 3.8) is 0 Å². The van der Waals surface area contributed by atoms with Gasteiger partial charge < -0.3 is 30.0 Å². The van der Waals surface area contributed by atoms with Gasteiger partial charge in [-0.1, -0.05) is 0 Å². The minimum atomic E-state index is -0.250. The first-order valence-corrected chi connectivity index (χ1v) is 9.42. The third-order valence-corrected chi connectivity index (χ3v) is 4.12. The molecule has 1 aliphatic heterocycles. The Morgan fingerprint density at radius 2 is 2.07 bits per heavy atom. The van der Waals surface area contributed by atoms with Crippen molar-refractivity contribution < 1.29 is 18.7 Å². The average molecular weight is 379 g/mol. The maximum atomic E-state index is 11.8. The Kier molecular flexibility index (Phi) is 8.47. The summed E-state index contributed by atoms with van der Waals surface area (Å²) in [6.07, 6.45) is 2.88. The topological polar surface area (TPSA) is 108 Å². The molecule has 1 aromatic heterocycles. The second-order valence-electron chi connectivity index (χ2n) is 6.10. The average Bonchev–Trinajstić information content (AvgIpc) is 3.21. The summed E-state index contributed by atoms with van der Waals surface area (Å²) >= 11 is 0. The normalized spacial score (nSPS) is 15.3. The Bertz CT molecular complexity index is 609. The standard InChI is InChI=1S/C18H29N5O4/c1-3-19-17(21-10-9-20-16(24)15-6-5-13-27-15)22-14-7-11-23(12-8-14)18(25)26-4-2/h5-6,13-14H,3-4,7-12H2,1-2H3,(H,20,24)(H2,19,21,22). The molecule has 1 aromatic rings. The first-order valence-electron chi connectivity index (χ1n) is 9.42. The molecule has 0 unspecified atom stereocenters. The number of furan rings is 1. The van der Waals surface area contributed by atoms with Gasteiger partial charge in [-0.3, -0.25) is 9.79 Å². The highest BCUT2D eigenvalue weighted by Gasteiger charge is 2.24. The Morgan fingerprint density at radius 1 is 1.30 bits per heavy atom. The van der Waals surface area contributed by atoms with E-state index in [2.05, 4.69) is 20.9 Å². The highest BCUT2D eigenvalue weighted by molar-refractivity contribution is 5.91. The van der Waals surface area contributed by atoms with E-state index in [4.69, 9.17) is 9.15 Å². The Labute approximate surface area is 159 Å². The Morgan fingerprint density at radius 3 is 2.70 bits per heavy atom. The number of piperidine rings is 1. The van der Waals surface area contributed by atoms with Crippen molar-refractivity contribution in [2.24, 2.45) is 4.99 Å². The fourth-order valence-electron chi connectivity index (χ4n) is 2.77. The van der Waals surface area contributed by atoms with E-state index in [1.807, 2.05) is 13.8 Å². The number of hydrogen-bond acceptors (Lipinski definition) is 5. The lowest BCUT2D eigenvalue weighted by atomic mass is 10.1. The molecule has 0 bridgehead atoms. The zero-order valence-electron chi connectivity index (χ0n) is 16.0. The second-order valence-corrected chi connectivity index (χ2v) is 6.10. The molecule has 0 aliphatic carbocycles. The van der Waals surface area contributed by atoms with Gasteiger partial charge in [-0.2, -0.15) is 0 Å². The van der Waals surface area contributed by atoms with E-state index in [-0.39, 0.29) is 23.8 Å². The van der Waals surface area contributed by atoms with Gasteiger partial charge in [-0.15, -0.1) is 0 Å². The van der Waals surface area contributed by atoms with Crippen LogP contribution in [0.2, 0.25) is 0 Å². The summed E-state index contributed by atoms with van der Waals surface area (Å²) in [6.45, 7) is 7.13. The number of nitrogens with one attached hydrogen (secondary N) is 3.